The van der Waals surface area contributed by atoms with Crippen molar-refractivity contribution in [2.24, 2.45) is 7.05 Å². The monoisotopic (exact) mass is 384 g/mol. The lowest BCUT2D eigenvalue weighted by Gasteiger charge is -2.34. The fourth-order valence-corrected chi connectivity index (χ4v) is 2.72. The van der Waals surface area contributed by atoms with E-state index in [9.17, 15) is 22.8 Å². The second kappa shape index (κ2) is 6.85. The van der Waals surface area contributed by atoms with Gasteiger partial charge < -0.3 is 14.9 Å². The van der Waals surface area contributed by atoms with Gasteiger partial charge in [-0.05, 0) is 6.07 Å². The van der Waals surface area contributed by atoms with Crippen LogP contribution in [0, 0.1) is 0 Å². The van der Waals surface area contributed by atoms with Crippen molar-refractivity contribution in [2.75, 3.05) is 31.1 Å². The first kappa shape index (κ1) is 18.6. The first-order valence-corrected chi connectivity index (χ1v) is 7.88. The molecule has 0 spiro atoms. The van der Waals surface area contributed by atoms with Gasteiger partial charge in [0.1, 0.15) is 11.3 Å². The molecule has 3 heterocycles. The number of aromatic carboxylic acids is 1. The van der Waals surface area contributed by atoms with Gasteiger partial charge in [-0.25, -0.2) is 14.8 Å². The van der Waals surface area contributed by atoms with Gasteiger partial charge >= 0.3 is 12.1 Å². The van der Waals surface area contributed by atoms with Crippen LogP contribution in [0.1, 0.15) is 26.5 Å². The lowest BCUT2D eigenvalue weighted by molar-refractivity contribution is -0.141. The minimum atomic E-state index is -4.57. The Balaban J connectivity index is 1.71. The maximum Gasteiger partial charge on any atom is 0.433 e. The third kappa shape index (κ3) is 3.83. The maximum atomic E-state index is 12.8. The molecule has 1 fully saturated rings. The molecule has 1 aliphatic heterocycles. The van der Waals surface area contributed by atoms with E-state index in [-0.39, 0.29) is 43.4 Å². The van der Waals surface area contributed by atoms with Gasteiger partial charge in [0.25, 0.3) is 5.91 Å². The number of carbonyl (C=O) groups excluding carboxylic acids is 1. The summed E-state index contributed by atoms with van der Waals surface area (Å²) >= 11 is 0. The van der Waals surface area contributed by atoms with Crippen LogP contribution in [-0.2, 0) is 13.2 Å². The van der Waals surface area contributed by atoms with Gasteiger partial charge in [-0.3, -0.25) is 9.48 Å². The molecule has 0 bridgehead atoms. The Morgan fingerprint density at radius 3 is 2.44 bits per heavy atom. The molecule has 3 rings (SSSR count). The van der Waals surface area contributed by atoms with Gasteiger partial charge in [-0.2, -0.15) is 18.3 Å². The minimum absolute atomic E-state index is 0.0685. The fourth-order valence-electron chi connectivity index (χ4n) is 2.72. The minimum Gasteiger partial charge on any atom is -0.478 e. The number of piperazine rings is 1. The number of hydrogen-bond acceptors (Lipinski definition) is 6. The SMILES string of the molecule is Cn1cc(C(=O)O)c(C(=O)N2CCN(c3nccc(C(F)(F)F)n3)CC2)n1. The van der Waals surface area contributed by atoms with Crippen LogP contribution in [-0.4, -0.2) is 67.8 Å². The Labute approximate surface area is 151 Å². The van der Waals surface area contributed by atoms with Crippen LogP contribution in [0.2, 0.25) is 0 Å². The summed E-state index contributed by atoms with van der Waals surface area (Å²) in [6.45, 7) is 0.771. The number of amides is 1. The lowest BCUT2D eigenvalue weighted by Crippen LogP contribution is -2.49. The van der Waals surface area contributed by atoms with E-state index >= 15 is 0 Å². The number of aromatic nitrogens is 4. The standard InChI is InChI=1S/C15H15F3N6O3/c1-22-8-9(13(26)27)11(21-22)12(25)23-4-6-24(7-5-23)14-19-3-2-10(20-14)15(16,17)18/h2-3,8H,4-7H2,1H3,(H,26,27). The molecule has 144 valence electrons. The number of halogens is 3. The molecule has 0 unspecified atom stereocenters. The van der Waals surface area contributed by atoms with Crippen molar-refractivity contribution in [3.8, 4) is 0 Å². The highest BCUT2D eigenvalue weighted by Crippen LogP contribution is 2.28. The molecule has 12 heteroatoms. The molecule has 27 heavy (non-hydrogen) atoms. The van der Waals surface area contributed by atoms with Crippen molar-refractivity contribution in [3.63, 3.8) is 0 Å². The summed E-state index contributed by atoms with van der Waals surface area (Å²) in [7, 11) is 1.51. The predicted molar refractivity (Wildman–Crippen MR) is 85.3 cm³/mol. The first-order chi connectivity index (χ1) is 12.7. The summed E-state index contributed by atoms with van der Waals surface area (Å²) in [5.41, 5.74) is -1.41. The van der Waals surface area contributed by atoms with E-state index in [1.54, 1.807) is 0 Å². The number of rotatable bonds is 3. The van der Waals surface area contributed by atoms with Crippen LogP contribution >= 0.6 is 0 Å². The summed E-state index contributed by atoms with van der Waals surface area (Å²) < 4.78 is 39.6. The topological polar surface area (TPSA) is 104 Å². The third-order valence-corrected chi connectivity index (χ3v) is 4.04. The fraction of sp³-hybridized carbons (Fsp3) is 0.400. The van der Waals surface area contributed by atoms with Crippen LogP contribution in [0.3, 0.4) is 0 Å². The molecule has 0 atom stereocenters. The molecule has 1 N–H and O–H groups in total. The molecule has 0 saturated carbocycles. The molecule has 2 aromatic heterocycles. The van der Waals surface area contributed by atoms with Crippen LogP contribution in [0.4, 0.5) is 19.1 Å². The van der Waals surface area contributed by atoms with Gasteiger partial charge in [0.15, 0.2) is 5.69 Å². The van der Waals surface area contributed by atoms with Gasteiger partial charge in [0.2, 0.25) is 5.95 Å². The largest absolute Gasteiger partial charge is 0.478 e. The number of nitrogens with zero attached hydrogens (tertiary/aromatic N) is 6. The molecule has 1 aliphatic rings. The number of alkyl halides is 3. The number of carboxylic acid groups (broad SMARTS) is 1. The van der Waals surface area contributed by atoms with Gasteiger partial charge in [-0.1, -0.05) is 0 Å². The normalized spacial score (nSPS) is 15.1. The number of anilines is 1. The molecule has 0 radical (unpaired) electrons. The van der Waals surface area contributed by atoms with Crippen molar-refractivity contribution < 1.29 is 27.9 Å². The van der Waals surface area contributed by atoms with Crippen LogP contribution in [0.5, 0.6) is 0 Å². The second-order valence-corrected chi connectivity index (χ2v) is 5.89. The van der Waals surface area contributed by atoms with Crippen molar-refractivity contribution in [1.29, 1.82) is 0 Å². The van der Waals surface area contributed by atoms with Crippen LogP contribution < -0.4 is 4.90 Å². The van der Waals surface area contributed by atoms with E-state index in [0.717, 1.165) is 12.3 Å². The molecule has 2 aromatic rings. The zero-order valence-electron chi connectivity index (χ0n) is 14.1. The van der Waals surface area contributed by atoms with Crippen molar-refractivity contribution >= 4 is 17.8 Å². The summed E-state index contributed by atoms with van der Waals surface area (Å²) in [5, 5.41) is 13.1. The first-order valence-electron chi connectivity index (χ1n) is 7.88. The van der Waals surface area contributed by atoms with E-state index < -0.39 is 23.7 Å². The Hall–Kier alpha value is -3.18. The van der Waals surface area contributed by atoms with E-state index in [4.69, 9.17) is 5.11 Å². The average molecular weight is 384 g/mol. The molecule has 0 aromatic carbocycles. The smallest absolute Gasteiger partial charge is 0.433 e. The summed E-state index contributed by atoms with van der Waals surface area (Å²) in [6.07, 6.45) is -2.29. The number of aryl methyl sites for hydroxylation is 1. The van der Waals surface area contributed by atoms with Crippen LogP contribution in [0.15, 0.2) is 18.5 Å². The average Bonchev–Trinajstić information content (AvgIpc) is 3.03. The predicted octanol–water partition coefficient (Wildman–Crippen LogP) is 0.889. The molecule has 0 aliphatic carbocycles. The Kier molecular flexibility index (Phi) is 4.72. The van der Waals surface area contributed by atoms with E-state index in [2.05, 4.69) is 15.1 Å². The molecule has 1 saturated heterocycles. The van der Waals surface area contributed by atoms with E-state index in [0.29, 0.717) is 0 Å². The summed E-state index contributed by atoms with van der Waals surface area (Å²) in [5.74, 6) is -1.87. The van der Waals surface area contributed by atoms with Gasteiger partial charge in [0.05, 0.1) is 0 Å². The summed E-state index contributed by atoms with van der Waals surface area (Å²) in [6, 6.07) is 0.789. The highest BCUT2D eigenvalue weighted by atomic mass is 19.4. The zero-order chi connectivity index (χ0) is 19.8. The van der Waals surface area contributed by atoms with Crippen molar-refractivity contribution in [1.82, 2.24) is 24.6 Å². The van der Waals surface area contributed by atoms with Gasteiger partial charge in [0, 0.05) is 45.6 Å². The molecular weight excluding hydrogens is 369 g/mol. The highest BCUT2D eigenvalue weighted by Gasteiger charge is 2.34. The highest BCUT2D eigenvalue weighted by molar-refractivity contribution is 6.03. The molecule has 1 amide bonds. The number of hydrogen-bond donors (Lipinski definition) is 1. The van der Waals surface area contributed by atoms with Crippen LogP contribution in [0.25, 0.3) is 0 Å². The summed E-state index contributed by atoms with van der Waals surface area (Å²) in [4.78, 5) is 34.1. The Morgan fingerprint density at radius 1 is 1.19 bits per heavy atom. The lowest BCUT2D eigenvalue weighted by atomic mass is 10.2. The number of carbonyl (C=O) groups is 2. The molecule has 9 nitrogen and oxygen atoms in total. The maximum absolute atomic E-state index is 12.8. The van der Waals surface area contributed by atoms with E-state index in [1.807, 2.05) is 0 Å². The Morgan fingerprint density at radius 2 is 1.85 bits per heavy atom. The van der Waals surface area contributed by atoms with Crippen molar-refractivity contribution in [2.45, 2.75) is 6.18 Å². The molecular formula is C15H15F3N6O3. The zero-order valence-corrected chi connectivity index (χ0v) is 14.1. The second-order valence-electron chi connectivity index (χ2n) is 5.89. The van der Waals surface area contributed by atoms with Gasteiger partial charge in [-0.15, -0.1) is 0 Å². The Bertz CT molecular complexity index is 874. The quantitative estimate of drug-likeness (QED) is 0.838. The third-order valence-electron chi connectivity index (χ3n) is 4.04. The van der Waals surface area contributed by atoms with Crippen molar-refractivity contribution in [3.05, 3.63) is 35.4 Å². The number of carboxylic acids is 1. The van der Waals surface area contributed by atoms with E-state index in [1.165, 1.54) is 27.7 Å².